The lowest BCUT2D eigenvalue weighted by Gasteiger charge is -2.37. The first-order chi connectivity index (χ1) is 5.38. The molecule has 0 aromatic carbocycles. The summed E-state index contributed by atoms with van der Waals surface area (Å²) in [5.74, 6) is 0. The number of ether oxygens (including phenoxy) is 1. The monoisotopic (exact) mass is 151 g/mol. The predicted octanol–water partition coefficient (Wildman–Crippen LogP) is 0.812. The van der Waals surface area contributed by atoms with Crippen molar-refractivity contribution >= 4 is 0 Å². The molecular weight excluding hydrogens is 138 g/mol. The third-order valence-corrected chi connectivity index (χ3v) is 2.32. The van der Waals surface area contributed by atoms with E-state index >= 15 is 0 Å². The highest BCUT2D eigenvalue weighted by atomic mass is 16.5. The minimum absolute atomic E-state index is 0.291. The van der Waals surface area contributed by atoms with Gasteiger partial charge in [-0.25, -0.2) is 0 Å². The van der Waals surface area contributed by atoms with Gasteiger partial charge in [-0.15, -0.1) is 0 Å². The van der Waals surface area contributed by atoms with E-state index < -0.39 is 0 Å². The second-order valence-corrected chi connectivity index (χ2v) is 3.08. The number of likely N-dealkylation sites (N-methyl/N-ethyl adjacent to an activating group) is 1. The highest BCUT2D eigenvalue weighted by molar-refractivity contribution is 5.19. The molecule has 60 valence electrons. The van der Waals surface area contributed by atoms with Gasteiger partial charge in [-0.05, 0) is 7.05 Å². The van der Waals surface area contributed by atoms with Crippen molar-refractivity contribution in [2.45, 2.75) is 12.1 Å². The standard InChI is InChI=1S/C9H13NO/c1-10-6-7-11-9-5-3-2-4-8(9)10/h2-5,8-9H,6-7H2,1H3. The first kappa shape index (κ1) is 7.07. The molecule has 2 heteroatoms. The van der Waals surface area contributed by atoms with Gasteiger partial charge in [0.25, 0.3) is 0 Å². The number of rotatable bonds is 0. The third-order valence-electron chi connectivity index (χ3n) is 2.32. The summed E-state index contributed by atoms with van der Waals surface area (Å²) in [4.78, 5) is 2.33. The Kier molecular flexibility index (Phi) is 1.80. The zero-order chi connectivity index (χ0) is 7.68. The summed E-state index contributed by atoms with van der Waals surface area (Å²) in [6.45, 7) is 1.90. The summed E-state index contributed by atoms with van der Waals surface area (Å²) in [6, 6.07) is 0.466. The lowest BCUT2D eigenvalue weighted by molar-refractivity contribution is -0.0206. The Labute approximate surface area is 67.1 Å². The minimum atomic E-state index is 0.291. The van der Waals surface area contributed by atoms with E-state index in [9.17, 15) is 0 Å². The van der Waals surface area contributed by atoms with Crippen LogP contribution in [-0.4, -0.2) is 37.2 Å². The molecular formula is C9H13NO. The average molecular weight is 151 g/mol. The fourth-order valence-corrected chi connectivity index (χ4v) is 1.61. The van der Waals surface area contributed by atoms with Gasteiger partial charge in [0, 0.05) is 6.54 Å². The summed E-state index contributed by atoms with van der Waals surface area (Å²) in [6.07, 6.45) is 8.76. The van der Waals surface area contributed by atoms with Gasteiger partial charge >= 0.3 is 0 Å². The normalized spacial score (nSPS) is 37.2. The van der Waals surface area contributed by atoms with Crippen LogP contribution in [0.15, 0.2) is 24.3 Å². The summed E-state index contributed by atoms with van der Waals surface area (Å²) in [7, 11) is 2.14. The van der Waals surface area contributed by atoms with Gasteiger partial charge in [-0.2, -0.15) is 0 Å². The van der Waals surface area contributed by atoms with Crippen molar-refractivity contribution in [3.8, 4) is 0 Å². The van der Waals surface area contributed by atoms with Gasteiger partial charge in [-0.3, -0.25) is 4.90 Å². The number of hydrogen-bond donors (Lipinski definition) is 0. The second-order valence-electron chi connectivity index (χ2n) is 3.08. The minimum Gasteiger partial charge on any atom is -0.371 e. The van der Waals surface area contributed by atoms with Crippen LogP contribution < -0.4 is 0 Å². The van der Waals surface area contributed by atoms with E-state index in [1.54, 1.807) is 0 Å². The van der Waals surface area contributed by atoms with Gasteiger partial charge < -0.3 is 4.74 Å². The molecule has 1 heterocycles. The zero-order valence-electron chi connectivity index (χ0n) is 6.73. The van der Waals surface area contributed by atoms with Crippen molar-refractivity contribution in [1.82, 2.24) is 4.90 Å². The molecule has 0 amide bonds. The highest BCUT2D eigenvalue weighted by Crippen LogP contribution is 2.17. The van der Waals surface area contributed by atoms with Crippen LogP contribution in [0.4, 0.5) is 0 Å². The van der Waals surface area contributed by atoms with Crippen molar-refractivity contribution in [2.24, 2.45) is 0 Å². The summed E-state index contributed by atoms with van der Waals surface area (Å²) in [5, 5.41) is 0. The van der Waals surface area contributed by atoms with Crippen LogP contribution in [-0.2, 0) is 4.74 Å². The van der Waals surface area contributed by atoms with E-state index in [4.69, 9.17) is 4.74 Å². The molecule has 11 heavy (non-hydrogen) atoms. The number of morpholine rings is 1. The zero-order valence-corrected chi connectivity index (χ0v) is 6.73. The fourth-order valence-electron chi connectivity index (χ4n) is 1.61. The molecule has 2 atom stereocenters. The van der Waals surface area contributed by atoms with Gasteiger partial charge in [0.05, 0.1) is 18.8 Å². The molecule has 0 aromatic rings. The number of fused-ring (bicyclic) bond motifs is 1. The van der Waals surface area contributed by atoms with Gasteiger partial charge in [-0.1, -0.05) is 24.3 Å². The molecule has 2 nitrogen and oxygen atoms in total. The number of hydrogen-bond acceptors (Lipinski definition) is 2. The van der Waals surface area contributed by atoms with Crippen LogP contribution in [0.1, 0.15) is 0 Å². The van der Waals surface area contributed by atoms with Crippen LogP contribution in [0, 0.1) is 0 Å². The molecule has 1 aliphatic heterocycles. The van der Waals surface area contributed by atoms with Gasteiger partial charge in [0.2, 0.25) is 0 Å². The van der Waals surface area contributed by atoms with Crippen LogP contribution in [0.5, 0.6) is 0 Å². The first-order valence-corrected chi connectivity index (χ1v) is 4.05. The second kappa shape index (κ2) is 2.80. The molecule has 2 aliphatic rings. The maximum Gasteiger partial charge on any atom is 0.0950 e. The lowest BCUT2D eigenvalue weighted by Crippen LogP contribution is -2.47. The lowest BCUT2D eigenvalue weighted by atomic mass is 10.0. The van der Waals surface area contributed by atoms with Crippen molar-refractivity contribution in [2.75, 3.05) is 20.2 Å². The van der Waals surface area contributed by atoms with E-state index in [1.807, 2.05) is 0 Å². The van der Waals surface area contributed by atoms with Crippen molar-refractivity contribution in [3.63, 3.8) is 0 Å². The van der Waals surface area contributed by atoms with Crippen LogP contribution in [0.25, 0.3) is 0 Å². The molecule has 0 spiro atoms. The molecule has 0 bridgehead atoms. The van der Waals surface area contributed by atoms with Crippen molar-refractivity contribution in [1.29, 1.82) is 0 Å². The number of nitrogens with zero attached hydrogens (tertiary/aromatic N) is 1. The quantitative estimate of drug-likeness (QED) is 0.508. The van der Waals surface area contributed by atoms with Crippen molar-refractivity contribution < 1.29 is 4.74 Å². The SMILES string of the molecule is CN1CCOC2C=CC=CC21. The maximum absolute atomic E-state index is 5.57. The Morgan fingerprint density at radius 3 is 3.00 bits per heavy atom. The van der Waals surface area contributed by atoms with Crippen LogP contribution >= 0.6 is 0 Å². The summed E-state index contributed by atoms with van der Waals surface area (Å²) in [5.41, 5.74) is 0. The average Bonchev–Trinajstić information content (AvgIpc) is 2.06. The van der Waals surface area contributed by atoms with E-state index in [1.165, 1.54) is 0 Å². The third kappa shape index (κ3) is 1.24. The topological polar surface area (TPSA) is 12.5 Å². The molecule has 1 aliphatic carbocycles. The fraction of sp³-hybridized carbons (Fsp3) is 0.556. The van der Waals surface area contributed by atoms with E-state index in [0.29, 0.717) is 12.1 Å². The smallest absolute Gasteiger partial charge is 0.0950 e. The Morgan fingerprint density at radius 1 is 1.36 bits per heavy atom. The van der Waals surface area contributed by atoms with E-state index in [-0.39, 0.29) is 0 Å². The van der Waals surface area contributed by atoms with Gasteiger partial charge in [0.1, 0.15) is 0 Å². The summed E-state index contributed by atoms with van der Waals surface area (Å²) >= 11 is 0. The maximum atomic E-state index is 5.57. The molecule has 0 N–H and O–H groups in total. The van der Waals surface area contributed by atoms with Crippen LogP contribution in [0.3, 0.4) is 0 Å². The Bertz CT molecular complexity index is 198. The summed E-state index contributed by atoms with van der Waals surface area (Å²) < 4.78 is 5.57. The van der Waals surface area contributed by atoms with E-state index in [2.05, 4.69) is 36.3 Å². The molecule has 2 unspecified atom stereocenters. The highest BCUT2D eigenvalue weighted by Gasteiger charge is 2.26. The molecule has 0 radical (unpaired) electrons. The Morgan fingerprint density at radius 2 is 2.18 bits per heavy atom. The van der Waals surface area contributed by atoms with Gasteiger partial charge in [0.15, 0.2) is 0 Å². The van der Waals surface area contributed by atoms with E-state index in [0.717, 1.165) is 13.2 Å². The largest absolute Gasteiger partial charge is 0.371 e. The Balaban J connectivity index is 2.14. The van der Waals surface area contributed by atoms with Crippen molar-refractivity contribution in [3.05, 3.63) is 24.3 Å². The molecule has 0 aromatic heterocycles. The molecule has 2 rings (SSSR count). The molecule has 1 saturated heterocycles. The Hall–Kier alpha value is -0.600. The predicted molar refractivity (Wildman–Crippen MR) is 44.4 cm³/mol. The molecule has 1 fully saturated rings. The first-order valence-electron chi connectivity index (χ1n) is 4.05. The number of allylic oxidation sites excluding steroid dienone is 2. The molecule has 0 saturated carbocycles. The van der Waals surface area contributed by atoms with Crippen LogP contribution in [0.2, 0.25) is 0 Å².